The van der Waals surface area contributed by atoms with E-state index in [0.29, 0.717) is 5.02 Å². The van der Waals surface area contributed by atoms with Crippen molar-refractivity contribution in [3.63, 3.8) is 0 Å². The van der Waals surface area contributed by atoms with Crippen LogP contribution < -0.4 is 10.6 Å². The lowest BCUT2D eigenvalue weighted by Crippen LogP contribution is -2.17. The summed E-state index contributed by atoms with van der Waals surface area (Å²) in [5.74, 6) is 0. The first kappa shape index (κ1) is 16.4. The van der Waals surface area contributed by atoms with Gasteiger partial charge in [0.1, 0.15) is 6.26 Å². The summed E-state index contributed by atoms with van der Waals surface area (Å²) in [6.45, 7) is 2.05. The van der Waals surface area contributed by atoms with Gasteiger partial charge >= 0.3 is 0 Å². The van der Waals surface area contributed by atoms with Gasteiger partial charge in [0.25, 0.3) is 0 Å². The Balaban J connectivity index is 2.26. The molecule has 0 aliphatic heterocycles. The van der Waals surface area contributed by atoms with E-state index in [1.807, 2.05) is 73.7 Å². The second-order valence-electron chi connectivity index (χ2n) is 5.39. The van der Waals surface area contributed by atoms with Gasteiger partial charge in [0.2, 0.25) is 0 Å². The third kappa shape index (κ3) is 3.27. The normalized spacial score (nSPS) is 13.5. The fourth-order valence-electron chi connectivity index (χ4n) is 2.63. The molecule has 0 saturated carbocycles. The zero-order valence-electron chi connectivity index (χ0n) is 12.6. The number of halogens is 1. The van der Waals surface area contributed by atoms with E-state index in [2.05, 4.69) is 0 Å². The van der Waals surface area contributed by atoms with Crippen molar-refractivity contribution in [3.8, 4) is 11.1 Å². The minimum atomic E-state index is -2.87. The summed E-state index contributed by atoms with van der Waals surface area (Å²) in [6, 6.07) is 23.1. The first-order valence-electron chi connectivity index (χ1n) is 7.24. The Morgan fingerprint density at radius 1 is 0.870 bits per heavy atom. The van der Waals surface area contributed by atoms with Gasteiger partial charge in [0.05, 0.1) is 0 Å². The highest BCUT2D eigenvalue weighted by atomic mass is 35.5. The highest BCUT2D eigenvalue weighted by Gasteiger charge is 2.23. The van der Waals surface area contributed by atoms with E-state index < -0.39 is 6.26 Å². The van der Waals surface area contributed by atoms with Crippen molar-refractivity contribution in [2.75, 3.05) is 0 Å². The molecule has 0 saturated heterocycles. The molecule has 0 aliphatic rings. The van der Waals surface area contributed by atoms with E-state index in [9.17, 15) is 4.89 Å². The number of aryl methyl sites for hydroxylation is 1. The Hall–Kier alpha value is -1.44. The van der Waals surface area contributed by atoms with Gasteiger partial charge in [-0.2, -0.15) is 0 Å². The fraction of sp³-hybridized carbons (Fsp3) is 0.0526. The molecule has 0 bridgehead atoms. The number of rotatable bonds is 3. The van der Waals surface area contributed by atoms with Crippen molar-refractivity contribution < 1.29 is 4.89 Å². The quantitative estimate of drug-likeness (QED) is 0.687. The van der Waals surface area contributed by atoms with Gasteiger partial charge in [0, 0.05) is 15.6 Å². The summed E-state index contributed by atoms with van der Waals surface area (Å²) in [7, 11) is 0. The molecule has 0 spiro atoms. The van der Waals surface area contributed by atoms with Crippen LogP contribution in [0.5, 0.6) is 0 Å². The van der Waals surface area contributed by atoms with Crippen LogP contribution in [0.15, 0.2) is 72.8 Å². The van der Waals surface area contributed by atoms with Gasteiger partial charge in [-0.05, 0) is 41.8 Å². The van der Waals surface area contributed by atoms with Crippen molar-refractivity contribution in [1.82, 2.24) is 0 Å². The van der Waals surface area contributed by atoms with Crippen LogP contribution in [0.1, 0.15) is 5.56 Å². The zero-order valence-corrected chi connectivity index (χ0v) is 15.1. The van der Waals surface area contributed by atoms with E-state index in [0.717, 1.165) is 27.3 Å². The number of hydrogen-bond acceptors (Lipinski definition) is 1. The van der Waals surface area contributed by atoms with Crippen LogP contribution in [0.3, 0.4) is 0 Å². The molecule has 3 aromatic rings. The molecular weight excluding hydrogens is 343 g/mol. The predicted molar refractivity (Wildman–Crippen MR) is 104 cm³/mol. The van der Waals surface area contributed by atoms with E-state index in [1.165, 1.54) is 0 Å². The average molecular weight is 359 g/mol. The molecule has 0 heterocycles. The van der Waals surface area contributed by atoms with Gasteiger partial charge in [-0.15, -0.1) is 0 Å². The molecule has 0 aliphatic carbocycles. The Labute approximate surface area is 146 Å². The average Bonchev–Trinajstić information content (AvgIpc) is 2.56. The maximum absolute atomic E-state index is 11.2. The van der Waals surface area contributed by atoms with Gasteiger partial charge < -0.3 is 4.89 Å². The van der Waals surface area contributed by atoms with Gasteiger partial charge in [-0.1, -0.05) is 78.0 Å². The second kappa shape index (κ2) is 6.59. The molecule has 0 fully saturated rings. The lowest BCUT2D eigenvalue weighted by atomic mass is 10.0. The van der Waals surface area contributed by atoms with Crippen LogP contribution in [0.2, 0.25) is 5.02 Å². The van der Waals surface area contributed by atoms with Crippen molar-refractivity contribution in [2.45, 2.75) is 6.92 Å². The molecule has 0 radical (unpaired) electrons. The Kier molecular flexibility index (Phi) is 4.70. The molecule has 1 nitrogen and oxygen atoms in total. The van der Waals surface area contributed by atoms with Gasteiger partial charge in [-0.3, -0.25) is 0 Å². The first-order valence-corrected chi connectivity index (χ1v) is 10.4. The van der Waals surface area contributed by atoms with Crippen LogP contribution in [-0.4, -0.2) is 4.89 Å². The number of hydrogen-bond donors (Lipinski definition) is 1. The third-order valence-corrected chi connectivity index (χ3v) is 7.33. The largest absolute Gasteiger partial charge is 0.358 e. The maximum atomic E-state index is 11.2. The maximum Gasteiger partial charge on any atom is 0.121 e. The fourth-order valence-corrected chi connectivity index (χ4v) is 5.29. The smallest absolute Gasteiger partial charge is 0.121 e. The Bertz CT molecular complexity index is 893. The summed E-state index contributed by atoms with van der Waals surface area (Å²) < 4.78 is 0. The van der Waals surface area contributed by atoms with Crippen molar-refractivity contribution in [1.29, 1.82) is 0 Å². The van der Waals surface area contributed by atoms with Crippen molar-refractivity contribution >= 4 is 40.3 Å². The molecule has 3 aromatic carbocycles. The highest BCUT2D eigenvalue weighted by molar-refractivity contribution is 8.19. The summed E-state index contributed by atoms with van der Waals surface area (Å²) in [5, 5.41) is 2.19. The van der Waals surface area contributed by atoms with Crippen LogP contribution in [-0.2, 0) is 11.8 Å². The van der Waals surface area contributed by atoms with E-state index in [1.54, 1.807) is 6.07 Å². The summed E-state index contributed by atoms with van der Waals surface area (Å²) in [4.78, 5) is 11.2. The SMILES string of the molecule is Cc1ccccc1-c1cc(Cl)ccc1P(O)(=S)c1ccccc1. The van der Waals surface area contributed by atoms with Gasteiger partial charge in [-0.25, -0.2) is 0 Å². The summed E-state index contributed by atoms with van der Waals surface area (Å²) >= 11 is 11.9. The molecular formula is C19H16ClOPS. The minimum absolute atomic E-state index is 0.634. The van der Waals surface area contributed by atoms with Gasteiger partial charge in [0.15, 0.2) is 0 Å². The van der Waals surface area contributed by atoms with Crippen LogP contribution in [0.4, 0.5) is 0 Å². The summed E-state index contributed by atoms with van der Waals surface area (Å²) in [5.41, 5.74) is 3.08. The predicted octanol–water partition coefficient (Wildman–Crippen LogP) is 4.65. The molecule has 116 valence electrons. The molecule has 23 heavy (non-hydrogen) atoms. The Morgan fingerprint density at radius 3 is 2.22 bits per heavy atom. The highest BCUT2D eigenvalue weighted by Crippen LogP contribution is 2.43. The van der Waals surface area contributed by atoms with Crippen LogP contribution in [0.25, 0.3) is 11.1 Å². The van der Waals surface area contributed by atoms with E-state index in [-0.39, 0.29) is 0 Å². The molecule has 0 aromatic heterocycles. The lowest BCUT2D eigenvalue weighted by Gasteiger charge is -2.21. The molecule has 0 amide bonds. The van der Waals surface area contributed by atoms with Crippen molar-refractivity contribution in [3.05, 3.63) is 83.4 Å². The van der Waals surface area contributed by atoms with Crippen molar-refractivity contribution in [2.24, 2.45) is 0 Å². The zero-order chi connectivity index (χ0) is 16.4. The molecule has 4 heteroatoms. The van der Waals surface area contributed by atoms with E-state index in [4.69, 9.17) is 23.4 Å². The number of benzene rings is 3. The minimum Gasteiger partial charge on any atom is -0.358 e. The summed E-state index contributed by atoms with van der Waals surface area (Å²) in [6.07, 6.45) is -2.87. The molecule has 3 rings (SSSR count). The van der Waals surface area contributed by atoms with Crippen LogP contribution >= 0.6 is 17.9 Å². The second-order valence-corrected chi connectivity index (χ2v) is 9.56. The Morgan fingerprint density at radius 2 is 1.52 bits per heavy atom. The monoisotopic (exact) mass is 358 g/mol. The standard InChI is InChI=1S/C19H16ClOPS/c1-14-7-5-6-10-17(14)18-13-15(20)11-12-19(18)22(21,23)16-8-3-2-4-9-16/h2-13H,1H3,(H,21,23). The van der Waals surface area contributed by atoms with E-state index >= 15 is 0 Å². The topological polar surface area (TPSA) is 20.2 Å². The third-order valence-electron chi connectivity index (χ3n) is 3.83. The molecule has 1 unspecified atom stereocenters. The molecule has 1 N–H and O–H groups in total. The molecule has 1 atom stereocenters. The first-order chi connectivity index (χ1) is 11.0. The van der Waals surface area contributed by atoms with Crippen LogP contribution in [0, 0.1) is 6.92 Å². The lowest BCUT2D eigenvalue weighted by molar-refractivity contribution is 0.642.